The average molecular weight is 563 g/mol. The molecule has 216 valence electrons. The molecule has 0 unspecified atom stereocenters. The molecule has 1 aliphatic heterocycles. The molecule has 1 fully saturated rings. The van der Waals surface area contributed by atoms with Crippen molar-refractivity contribution in [1.82, 2.24) is 19.8 Å². The van der Waals surface area contributed by atoms with E-state index < -0.39 is 53.2 Å². The van der Waals surface area contributed by atoms with Crippen LogP contribution in [0.15, 0.2) is 48.7 Å². The van der Waals surface area contributed by atoms with Crippen molar-refractivity contribution < 1.29 is 32.2 Å². The molecule has 11 heteroatoms. The van der Waals surface area contributed by atoms with Crippen molar-refractivity contribution in [2.45, 2.75) is 51.2 Å². The maximum atomic E-state index is 14.8. The second-order valence-electron chi connectivity index (χ2n) is 10.7. The number of hydrogen-bond donors (Lipinski definition) is 2. The summed E-state index contributed by atoms with van der Waals surface area (Å²) in [6.45, 7) is 5.21. The van der Waals surface area contributed by atoms with Crippen LogP contribution in [0.5, 0.6) is 0 Å². The second-order valence-corrected chi connectivity index (χ2v) is 10.7. The third-order valence-electron chi connectivity index (χ3n) is 7.32. The number of aliphatic hydroxyl groups is 1. The number of rotatable bonds is 10. The van der Waals surface area contributed by atoms with Crippen LogP contribution in [0.1, 0.15) is 38.2 Å². The Bertz CT molecular complexity index is 1350. The smallest absolute Gasteiger partial charge is 0.251 e. The summed E-state index contributed by atoms with van der Waals surface area (Å²) < 4.78 is 65.2. The van der Waals surface area contributed by atoms with E-state index >= 15 is 0 Å². The molecule has 0 aliphatic carbocycles. The fraction of sp³-hybridized carbons (Fsp3) is 0.448. The van der Waals surface area contributed by atoms with Crippen LogP contribution in [0, 0.1) is 23.4 Å². The van der Waals surface area contributed by atoms with Gasteiger partial charge in [0.15, 0.2) is 0 Å². The summed E-state index contributed by atoms with van der Waals surface area (Å²) in [7, 11) is 1.44. The van der Waals surface area contributed by atoms with Gasteiger partial charge in [0, 0.05) is 51.0 Å². The Morgan fingerprint density at radius 1 is 1.20 bits per heavy atom. The number of halogens is 4. The minimum Gasteiger partial charge on any atom is -0.384 e. The maximum Gasteiger partial charge on any atom is 0.251 e. The van der Waals surface area contributed by atoms with Gasteiger partial charge in [0.1, 0.15) is 41.6 Å². The van der Waals surface area contributed by atoms with E-state index in [0.29, 0.717) is 12.1 Å². The number of aliphatic hydroxyl groups excluding tert-OH is 1. The first kappa shape index (κ1) is 29.7. The molecule has 1 saturated heterocycles. The van der Waals surface area contributed by atoms with Gasteiger partial charge in [-0.3, -0.25) is 4.79 Å². The standard InChI is InChI=1S/C29H34F4N4O3/c1-17(38)28(39)37(15-19-12-34-13-24(19)33)26(29(2,3)40-4)27-35-25(22-11-21(31)8-9-23(22)32)16-36(27)14-18-6-5-7-20(30)10-18/h5-11,16-17,19,24,26,34,38H,12-15H2,1-4H3/t17-,19-,24-,26-/m0/s1. The van der Waals surface area contributed by atoms with E-state index in [9.17, 15) is 27.5 Å². The molecule has 2 heterocycles. The van der Waals surface area contributed by atoms with Crippen molar-refractivity contribution >= 4 is 5.91 Å². The molecule has 1 amide bonds. The van der Waals surface area contributed by atoms with Gasteiger partial charge in [-0.2, -0.15) is 0 Å². The van der Waals surface area contributed by atoms with E-state index in [1.54, 1.807) is 30.5 Å². The number of aromatic nitrogens is 2. The highest BCUT2D eigenvalue weighted by molar-refractivity contribution is 5.81. The highest BCUT2D eigenvalue weighted by Crippen LogP contribution is 2.37. The van der Waals surface area contributed by atoms with Gasteiger partial charge in [-0.25, -0.2) is 22.5 Å². The van der Waals surface area contributed by atoms with E-state index in [1.165, 1.54) is 37.3 Å². The molecule has 2 N–H and O–H groups in total. The van der Waals surface area contributed by atoms with Gasteiger partial charge in [0.05, 0.1) is 11.3 Å². The molecule has 4 atom stereocenters. The van der Waals surface area contributed by atoms with Crippen molar-refractivity contribution in [3.05, 3.63) is 77.5 Å². The molecule has 3 aromatic rings. The van der Waals surface area contributed by atoms with Crippen molar-refractivity contribution in [3.8, 4) is 11.3 Å². The average Bonchev–Trinajstić information content (AvgIpc) is 3.50. The van der Waals surface area contributed by atoms with Crippen LogP contribution in [0.2, 0.25) is 0 Å². The first-order valence-corrected chi connectivity index (χ1v) is 13.1. The molecular formula is C29H34F4N4O3. The lowest BCUT2D eigenvalue weighted by Crippen LogP contribution is -2.52. The molecule has 1 aromatic heterocycles. The lowest BCUT2D eigenvalue weighted by atomic mass is 9.93. The Morgan fingerprint density at radius 3 is 2.55 bits per heavy atom. The molecule has 0 radical (unpaired) electrons. The monoisotopic (exact) mass is 562 g/mol. The highest BCUT2D eigenvalue weighted by atomic mass is 19.1. The Balaban J connectivity index is 1.92. The molecule has 0 saturated carbocycles. The largest absolute Gasteiger partial charge is 0.384 e. The molecule has 0 spiro atoms. The Hall–Kier alpha value is -3.28. The van der Waals surface area contributed by atoms with Gasteiger partial charge in [0.2, 0.25) is 0 Å². The summed E-state index contributed by atoms with van der Waals surface area (Å²) in [5.74, 6) is -2.86. The highest BCUT2D eigenvalue weighted by Gasteiger charge is 2.44. The summed E-state index contributed by atoms with van der Waals surface area (Å²) in [5.41, 5.74) is -0.622. The van der Waals surface area contributed by atoms with Crippen LogP contribution in [0.4, 0.5) is 17.6 Å². The topological polar surface area (TPSA) is 79.6 Å². The van der Waals surface area contributed by atoms with Gasteiger partial charge in [-0.15, -0.1) is 0 Å². The minimum absolute atomic E-state index is 0.0636. The van der Waals surface area contributed by atoms with E-state index in [1.807, 2.05) is 0 Å². The number of amides is 1. The molecule has 0 bridgehead atoms. The van der Waals surface area contributed by atoms with Crippen LogP contribution in [-0.2, 0) is 16.1 Å². The normalized spacial score (nSPS) is 19.0. The number of methoxy groups -OCH3 is 1. The van der Waals surface area contributed by atoms with E-state index in [-0.39, 0.29) is 36.7 Å². The van der Waals surface area contributed by atoms with Crippen LogP contribution >= 0.6 is 0 Å². The first-order chi connectivity index (χ1) is 18.9. The van der Waals surface area contributed by atoms with Gasteiger partial charge >= 0.3 is 0 Å². The zero-order chi connectivity index (χ0) is 29.2. The van der Waals surface area contributed by atoms with Crippen LogP contribution < -0.4 is 5.32 Å². The van der Waals surface area contributed by atoms with Crippen LogP contribution in [-0.4, -0.2) is 70.1 Å². The lowest BCUT2D eigenvalue weighted by molar-refractivity contribution is -0.151. The lowest BCUT2D eigenvalue weighted by Gasteiger charge is -2.42. The summed E-state index contributed by atoms with van der Waals surface area (Å²) in [5, 5.41) is 13.3. The third-order valence-corrected chi connectivity index (χ3v) is 7.32. The van der Waals surface area contributed by atoms with E-state index in [2.05, 4.69) is 10.3 Å². The molecular weight excluding hydrogens is 528 g/mol. The Morgan fingerprint density at radius 2 is 1.93 bits per heavy atom. The second kappa shape index (κ2) is 12.1. The number of imidazole rings is 1. The molecule has 1 aliphatic rings. The zero-order valence-corrected chi connectivity index (χ0v) is 22.9. The number of nitrogens with zero attached hydrogens (tertiary/aromatic N) is 3. The number of hydrogen-bond acceptors (Lipinski definition) is 5. The number of ether oxygens (including phenoxy) is 1. The van der Waals surface area contributed by atoms with Crippen molar-refractivity contribution in [3.63, 3.8) is 0 Å². The predicted octanol–water partition coefficient (Wildman–Crippen LogP) is 4.25. The molecule has 2 aromatic carbocycles. The number of benzene rings is 2. The summed E-state index contributed by atoms with van der Waals surface area (Å²) in [6, 6.07) is 7.86. The van der Waals surface area contributed by atoms with Crippen molar-refractivity contribution in [2.24, 2.45) is 5.92 Å². The number of alkyl halides is 1. The number of nitrogens with one attached hydrogen (secondary N) is 1. The maximum absolute atomic E-state index is 14.8. The first-order valence-electron chi connectivity index (χ1n) is 13.1. The van der Waals surface area contributed by atoms with Crippen molar-refractivity contribution in [2.75, 3.05) is 26.7 Å². The van der Waals surface area contributed by atoms with Crippen molar-refractivity contribution in [1.29, 1.82) is 0 Å². The van der Waals surface area contributed by atoms with Gasteiger partial charge < -0.3 is 24.6 Å². The SMILES string of the molecule is COC(C)(C)[C@H](c1nc(-c2cc(F)ccc2F)cn1Cc1cccc(F)c1)N(C[C@@H]1CNC[C@@H]1F)C(=O)[C@H](C)O. The van der Waals surface area contributed by atoms with Gasteiger partial charge in [-0.1, -0.05) is 12.1 Å². The van der Waals surface area contributed by atoms with Crippen LogP contribution in [0.25, 0.3) is 11.3 Å². The number of carbonyl (C=O) groups is 1. The summed E-state index contributed by atoms with van der Waals surface area (Å²) in [6.07, 6.45) is -1.15. The summed E-state index contributed by atoms with van der Waals surface area (Å²) in [4.78, 5) is 19.5. The van der Waals surface area contributed by atoms with Gasteiger partial charge in [-0.05, 0) is 56.7 Å². The number of carbonyl (C=O) groups excluding carboxylic acids is 1. The summed E-state index contributed by atoms with van der Waals surface area (Å²) >= 11 is 0. The van der Waals surface area contributed by atoms with Crippen LogP contribution in [0.3, 0.4) is 0 Å². The third kappa shape index (κ3) is 6.37. The minimum atomic E-state index is -1.42. The fourth-order valence-electron chi connectivity index (χ4n) is 5.06. The Kier molecular flexibility index (Phi) is 8.96. The predicted molar refractivity (Wildman–Crippen MR) is 142 cm³/mol. The van der Waals surface area contributed by atoms with E-state index in [4.69, 9.17) is 4.74 Å². The molecule has 40 heavy (non-hydrogen) atoms. The zero-order valence-electron chi connectivity index (χ0n) is 22.9. The fourth-order valence-corrected chi connectivity index (χ4v) is 5.06. The van der Waals surface area contributed by atoms with E-state index in [0.717, 1.165) is 18.2 Å². The molecule has 4 rings (SSSR count). The quantitative estimate of drug-likeness (QED) is 0.362. The molecule has 7 nitrogen and oxygen atoms in total. The van der Waals surface area contributed by atoms with Gasteiger partial charge in [0.25, 0.3) is 5.91 Å². The Labute approximate surface area is 230 Å².